The lowest BCUT2D eigenvalue weighted by Crippen LogP contribution is -1.96. The van der Waals surface area contributed by atoms with Gasteiger partial charge in [0.05, 0.1) is 7.11 Å². The van der Waals surface area contributed by atoms with E-state index in [1.54, 1.807) is 31.0 Å². The van der Waals surface area contributed by atoms with Crippen LogP contribution in [0.15, 0.2) is 47.4 Å². The first-order chi connectivity index (χ1) is 8.70. The van der Waals surface area contributed by atoms with Gasteiger partial charge in [0.1, 0.15) is 11.6 Å². The normalized spacial score (nSPS) is 10.3. The molecule has 2 rings (SSSR count). The van der Waals surface area contributed by atoms with Crippen LogP contribution in [0.2, 0.25) is 0 Å². The monoisotopic (exact) mass is 263 g/mol. The van der Waals surface area contributed by atoms with E-state index >= 15 is 0 Å². The van der Waals surface area contributed by atoms with Crippen LogP contribution in [0.25, 0.3) is 0 Å². The predicted octanol–water partition coefficient (Wildman–Crippen LogP) is 3.71. The Balaban J connectivity index is 2.06. The van der Waals surface area contributed by atoms with E-state index in [1.165, 1.54) is 6.07 Å². The maximum absolute atomic E-state index is 13.6. The van der Waals surface area contributed by atoms with Crippen molar-refractivity contribution >= 4 is 17.4 Å². The third kappa shape index (κ3) is 2.96. The first kappa shape index (κ1) is 12.8. The van der Waals surface area contributed by atoms with Crippen LogP contribution in [-0.4, -0.2) is 7.11 Å². The van der Waals surface area contributed by atoms with Gasteiger partial charge in [-0.15, -0.1) is 11.8 Å². The van der Waals surface area contributed by atoms with Crippen molar-refractivity contribution in [1.82, 2.24) is 0 Å². The van der Waals surface area contributed by atoms with Crippen molar-refractivity contribution in [3.8, 4) is 5.75 Å². The van der Waals surface area contributed by atoms with Gasteiger partial charge in [-0.2, -0.15) is 0 Å². The zero-order valence-electron chi connectivity index (χ0n) is 10.0. The molecule has 18 heavy (non-hydrogen) atoms. The van der Waals surface area contributed by atoms with Crippen molar-refractivity contribution in [2.45, 2.75) is 10.6 Å². The summed E-state index contributed by atoms with van der Waals surface area (Å²) in [6, 6.07) is 12.4. The molecule has 0 saturated heterocycles. The van der Waals surface area contributed by atoms with E-state index in [9.17, 15) is 4.39 Å². The summed E-state index contributed by atoms with van der Waals surface area (Å²) >= 11 is 1.55. The number of ether oxygens (including phenoxy) is 1. The van der Waals surface area contributed by atoms with Gasteiger partial charge in [0.2, 0.25) is 0 Å². The maximum Gasteiger partial charge on any atom is 0.129 e. The summed E-state index contributed by atoms with van der Waals surface area (Å²) in [6.45, 7) is 0. The fourth-order valence-electron chi connectivity index (χ4n) is 1.56. The summed E-state index contributed by atoms with van der Waals surface area (Å²) in [5.74, 6) is 1.07. The molecule has 0 aromatic heterocycles. The van der Waals surface area contributed by atoms with Gasteiger partial charge in [-0.1, -0.05) is 6.07 Å². The number of nitrogen functional groups attached to an aromatic ring is 1. The quantitative estimate of drug-likeness (QED) is 0.674. The van der Waals surface area contributed by atoms with Crippen molar-refractivity contribution in [2.24, 2.45) is 0 Å². The number of benzene rings is 2. The van der Waals surface area contributed by atoms with Crippen LogP contribution in [-0.2, 0) is 5.75 Å². The van der Waals surface area contributed by atoms with E-state index in [2.05, 4.69) is 0 Å². The van der Waals surface area contributed by atoms with Crippen LogP contribution in [0.5, 0.6) is 5.75 Å². The van der Waals surface area contributed by atoms with Crippen LogP contribution in [0.1, 0.15) is 5.56 Å². The molecule has 0 heterocycles. The Morgan fingerprint density at radius 1 is 1.17 bits per heavy atom. The SMILES string of the molecule is COc1ccc(SCc2c(N)cccc2F)cc1. The van der Waals surface area contributed by atoms with E-state index in [0.717, 1.165) is 10.6 Å². The van der Waals surface area contributed by atoms with Crippen LogP contribution >= 0.6 is 11.8 Å². The Morgan fingerprint density at radius 3 is 2.50 bits per heavy atom. The maximum atomic E-state index is 13.6. The lowest BCUT2D eigenvalue weighted by Gasteiger charge is -2.07. The van der Waals surface area contributed by atoms with Crippen LogP contribution in [0.3, 0.4) is 0 Å². The highest BCUT2D eigenvalue weighted by molar-refractivity contribution is 7.98. The molecule has 0 amide bonds. The van der Waals surface area contributed by atoms with Gasteiger partial charge in [-0.05, 0) is 36.4 Å². The number of thioether (sulfide) groups is 1. The molecule has 0 atom stereocenters. The molecule has 0 saturated carbocycles. The Kier molecular flexibility index (Phi) is 4.10. The molecule has 4 heteroatoms. The number of rotatable bonds is 4. The number of anilines is 1. The Hall–Kier alpha value is -1.68. The fraction of sp³-hybridized carbons (Fsp3) is 0.143. The molecule has 0 spiro atoms. The van der Waals surface area contributed by atoms with E-state index in [-0.39, 0.29) is 5.82 Å². The zero-order valence-corrected chi connectivity index (χ0v) is 10.8. The average Bonchev–Trinajstić information content (AvgIpc) is 2.39. The molecule has 2 N–H and O–H groups in total. The number of hydrogen-bond acceptors (Lipinski definition) is 3. The summed E-state index contributed by atoms with van der Waals surface area (Å²) in [5.41, 5.74) is 6.81. The summed E-state index contributed by atoms with van der Waals surface area (Å²) in [6.07, 6.45) is 0. The minimum atomic E-state index is -0.254. The molecule has 94 valence electrons. The standard InChI is InChI=1S/C14H14FNOS/c1-17-10-5-7-11(8-6-10)18-9-12-13(15)3-2-4-14(12)16/h2-8H,9,16H2,1H3. The first-order valence-corrected chi connectivity index (χ1v) is 6.49. The molecular weight excluding hydrogens is 249 g/mol. The van der Waals surface area contributed by atoms with Crippen LogP contribution in [0, 0.1) is 5.82 Å². The second kappa shape index (κ2) is 5.78. The fourth-order valence-corrected chi connectivity index (χ4v) is 2.50. The molecule has 0 aliphatic rings. The number of halogens is 1. The number of hydrogen-bond donors (Lipinski definition) is 1. The first-order valence-electron chi connectivity index (χ1n) is 5.50. The molecule has 0 aliphatic carbocycles. The number of methoxy groups -OCH3 is 1. The Bertz CT molecular complexity index is 508. The van der Waals surface area contributed by atoms with E-state index in [0.29, 0.717) is 17.0 Å². The highest BCUT2D eigenvalue weighted by Gasteiger charge is 2.06. The molecule has 2 aromatic rings. The predicted molar refractivity (Wildman–Crippen MR) is 73.4 cm³/mol. The van der Waals surface area contributed by atoms with Gasteiger partial charge >= 0.3 is 0 Å². The van der Waals surface area contributed by atoms with Gasteiger partial charge in [0.15, 0.2) is 0 Å². The van der Waals surface area contributed by atoms with Gasteiger partial charge in [-0.3, -0.25) is 0 Å². The van der Waals surface area contributed by atoms with Crippen molar-refractivity contribution in [3.63, 3.8) is 0 Å². The molecule has 0 bridgehead atoms. The van der Waals surface area contributed by atoms with Crippen LogP contribution in [0.4, 0.5) is 10.1 Å². The molecule has 0 radical (unpaired) electrons. The Labute approximate surface area is 110 Å². The molecular formula is C14H14FNOS. The van der Waals surface area contributed by atoms with Crippen LogP contribution < -0.4 is 10.5 Å². The molecule has 0 aliphatic heterocycles. The smallest absolute Gasteiger partial charge is 0.129 e. The molecule has 0 unspecified atom stereocenters. The van der Waals surface area contributed by atoms with Gasteiger partial charge < -0.3 is 10.5 Å². The van der Waals surface area contributed by atoms with Gasteiger partial charge in [-0.25, -0.2) is 4.39 Å². The summed E-state index contributed by atoms with van der Waals surface area (Å²) in [4.78, 5) is 1.05. The highest BCUT2D eigenvalue weighted by atomic mass is 32.2. The van der Waals surface area contributed by atoms with Crippen molar-refractivity contribution in [1.29, 1.82) is 0 Å². The summed E-state index contributed by atoms with van der Waals surface area (Å²) in [5, 5.41) is 0. The number of nitrogens with two attached hydrogens (primary N) is 1. The van der Waals surface area contributed by atoms with Crippen molar-refractivity contribution < 1.29 is 9.13 Å². The van der Waals surface area contributed by atoms with Gasteiger partial charge in [0, 0.05) is 21.9 Å². The van der Waals surface area contributed by atoms with Crippen molar-refractivity contribution in [2.75, 3.05) is 12.8 Å². The highest BCUT2D eigenvalue weighted by Crippen LogP contribution is 2.28. The minimum Gasteiger partial charge on any atom is -0.497 e. The zero-order chi connectivity index (χ0) is 13.0. The van der Waals surface area contributed by atoms with E-state index in [1.807, 2.05) is 24.3 Å². The second-order valence-corrected chi connectivity index (χ2v) is 4.82. The second-order valence-electron chi connectivity index (χ2n) is 3.77. The third-order valence-corrected chi connectivity index (χ3v) is 3.64. The molecule has 0 fully saturated rings. The average molecular weight is 263 g/mol. The minimum absolute atomic E-state index is 0.254. The lowest BCUT2D eigenvalue weighted by molar-refractivity contribution is 0.414. The third-order valence-electron chi connectivity index (χ3n) is 2.60. The van der Waals surface area contributed by atoms with E-state index < -0.39 is 0 Å². The molecule has 2 nitrogen and oxygen atoms in total. The molecule has 2 aromatic carbocycles. The lowest BCUT2D eigenvalue weighted by atomic mass is 10.2. The topological polar surface area (TPSA) is 35.2 Å². The van der Waals surface area contributed by atoms with Crippen molar-refractivity contribution in [3.05, 3.63) is 53.8 Å². The van der Waals surface area contributed by atoms with E-state index in [4.69, 9.17) is 10.5 Å². The van der Waals surface area contributed by atoms with Gasteiger partial charge in [0.25, 0.3) is 0 Å². The Morgan fingerprint density at radius 2 is 1.89 bits per heavy atom. The summed E-state index contributed by atoms with van der Waals surface area (Å²) < 4.78 is 18.6. The summed E-state index contributed by atoms with van der Waals surface area (Å²) in [7, 11) is 1.63. The largest absolute Gasteiger partial charge is 0.497 e.